The first-order chi connectivity index (χ1) is 12.7. The number of hydrogen-bond donors (Lipinski definition) is 7. The molecule has 0 aromatic carbocycles. The van der Waals surface area contributed by atoms with Crippen molar-refractivity contribution < 1.29 is 56.6 Å². The molecule has 1 fully saturated rings. The first-order valence-corrected chi connectivity index (χ1v) is 11.7. The molecule has 4 unspecified atom stereocenters. The molecular weight excluding hydrogens is 451 g/mol. The van der Waals surface area contributed by atoms with Crippen LogP contribution in [0, 0.1) is 0 Å². The van der Waals surface area contributed by atoms with Crippen LogP contribution in [-0.2, 0) is 27.0 Å². The summed E-state index contributed by atoms with van der Waals surface area (Å²) in [6.07, 6.45) is -2.30. The van der Waals surface area contributed by atoms with Gasteiger partial charge in [-0.05, 0) is 10.4 Å². The molecule has 8 N–H and O–H groups in total. The number of aliphatic hydroxyl groups is 1. The van der Waals surface area contributed by atoms with Crippen LogP contribution in [0.2, 0.25) is 0 Å². The van der Waals surface area contributed by atoms with Gasteiger partial charge in [-0.2, -0.15) is 23.6 Å². The van der Waals surface area contributed by atoms with Crippen molar-refractivity contribution in [1.29, 1.82) is 0 Å². The van der Waals surface area contributed by atoms with Crippen molar-refractivity contribution in [3.05, 3.63) is 22.7 Å². The Morgan fingerprint density at radius 2 is 2.00 bits per heavy atom. The van der Waals surface area contributed by atoms with Crippen molar-refractivity contribution in [2.45, 2.75) is 24.9 Å². The summed E-state index contributed by atoms with van der Waals surface area (Å²) in [5.41, 5.74) is 4.60. The van der Waals surface area contributed by atoms with Crippen molar-refractivity contribution in [2.75, 3.05) is 12.3 Å². The minimum atomic E-state index is -5.59. The lowest BCUT2D eigenvalue weighted by Gasteiger charge is -2.17. The molecule has 160 valence electrons. The predicted molar refractivity (Wildman–Crippen MR) is 88.8 cm³/mol. The zero-order valence-electron chi connectivity index (χ0n) is 13.7. The lowest BCUT2D eigenvalue weighted by Crippen LogP contribution is -2.28. The smallest absolute Gasteiger partial charge is 0.390 e. The fourth-order valence-corrected chi connectivity index (χ4v) is 5.23. The average Bonchev–Trinajstić information content (AvgIpc) is 2.82. The highest BCUT2D eigenvalue weighted by molar-refractivity contribution is 7.68. The van der Waals surface area contributed by atoms with Crippen LogP contribution in [0.4, 0.5) is 5.82 Å². The van der Waals surface area contributed by atoms with Crippen molar-refractivity contribution in [1.82, 2.24) is 9.55 Å². The van der Waals surface area contributed by atoms with Gasteiger partial charge in [0.1, 0.15) is 24.8 Å². The lowest BCUT2D eigenvalue weighted by atomic mass is 10.2. The van der Waals surface area contributed by atoms with Crippen LogP contribution in [0.15, 0.2) is 17.1 Å². The number of aromatic nitrogens is 2. The maximum absolute atomic E-state index is 11.8. The third-order valence-corrected chi connectivity index (χ3v) is 7.03. The number of aliphatic hydroxyl groups excluding tert-OH is 1. The van der Waals surface area contributed by atoms with E-state index in [9.17, 15) is 28.8 Å². The molecule has 1 aliphatic heterocycles. The molecule has 16 nitrogen and oxygen atoms in total. The first kappa shape index (κ1) is 23.4. The maximum atomic E-state index is 11.8. The lowest BCUT2D eigenvalue weighted by molar-refractivity contribution is -0.0474. The highest BCUT2D eigenvalue weighted by Gasteiger charge is 2.53. The average molecular weight is 468 g/mol. The van der Waals surface area contributed by atoms with Crippen molar-refractivity contribution in [3.63, 3.8) is 0 Å². The second kappa shape index (κ2) is 8.50. The van der Waals surface area contributed by atoms with Crippen molar-refractivity contribution >= 4 is 29.6 Å². The summed E-state index contributed by atoms with van der Waals surface area (Å²) >= 11 is 0. The summed E-state index contributed by atoms with van der Waals surface area (Å²) in [5.74, 6) is -0.0297. The largest absolute Gasteiger partial charge is 0.580 e. The van der Waals surface area contributed by atoms with Gasteiger partial charge in [-0.3, -0.25) is 9.46 Å². The summed E-state index contributed by atoms with van der Waals surface area (Å²) in [6, 6.07) is 1.31. The Kier molecular flexibility index (Phi) is 7.12. The van der Waals surface area contributed by atoms with Crippen molar-refractivity contribution in [3.8, 4) is 0 Å². The van der Waals surface area contributed by atoms with Gasteiger partial charge >= 0.3 is 29.5 Å². The summed E-state index contributed by atoms with van der Waals surface area (Å²) < 4.78 is 39.9. The summed E-state index contributed by atoms with van der Waals surface area (Å²) in [6.45, 7) is -0.786. The SMILES string of the molecule is Nc1ccn(C2CC(O)C(CO[P+](O)(O)OP(=O)(O)OP(=O)(O)O)O2)c(=O)n1. The van der Waals surface area contributed by atoms with E-state index in [2.05, 4.69) is 18.1 Å². The van der Waals surface area contributed by atoms with E-state index >= 15 is 0 Å². The summed E-state index contributed by atoms with van der Waals surface area (Å²) in [5, 5.41) is 9.96. The van der Waals surface area contributed by atoms with Crippen LogP contribution in [0.3, 0.4) is 0 Å². The van der Waals surface area contributed by atoms with Gasteiger partial charge < -0.3 is 25.4 Å². The third-order valence-electron chi connectivity index (χ3n) is 3.19. The molecule has 0 spiro atoms. The number of nitrogens with zero attached hydrogens (tertiary/aromatic N) is 2. The molecule has 28 heavy (non-hydrogen) atoms. The molecule has 1 aromatic heterocycles. The molecule has 1 aromatic rings. The fourth-order valence-electron chi connectivity index (χ4n) is 2.16. The van der Waals surface area contributed by atoms with Gasteiger partial charge in [0.2, 0.25) is 0 Å². The van der Waals surface area contributed by atoms with E-state index < -0.39 is 54.5 Å². The van der Waals surface area contributed by atoms with E-state index in [0.717, 1.165) is 4.57 Å². The van der Waals surface area contributed by atoms with Gasteiger partial charge in [0.15, 0.2) is 0 Å². The summed E-state index contributed by atoms with van der Waals surface area (Å²) in [4.78, 5) is 60.2. The Morgan fingerprint density at radius 1 is 1.36 bits per heavy atom. The van der Waals surface area contributed by atoms with Crippen LogP contribution >= 0.6 is 23.8 Å². The fraction of sp³-hybridized carbons (Fsp3) is 0.556. The minimum Gasteiger partial charge on any atom is -0.390 e. The Labute approximate surface area is 156 Å². The van der Waals surface area contributed by atoms with Crippen LogP contribution < -0.4 is 11.4 Å². The molecule has 1 saturated heterocycles. The molecule has 0 aliphatic carbocycles. The van der Waals surface area contributed by atoms with Crippen LogP contribution in [0.1, 0.15) is 12.6 Å². The Hall–Kier alpha value is -0.830. The Bertz CT molecular complexity index is 855. The van der Waals surface area contributed by atoms with Gasteiger partial charge in [-0.25, -0.2) is 13.9 Å². The molecule has 0 saturated carbocycles. The highest BCUT2D eigenvalue weighted by Crippen LogP contribution is 2.69. The Morgan fingerprint density at radius 3 is 2.57 bits per heavy atom. The highest BCUT2D eigenvalue weighted by atomic mass is 31.3. The van der Waals surface area contributed by atoms with Crippen LogP contribution in [0.25, 0.3) is 0 Å². The van der Waals surface area contributed by atoms with E-state index in [-0.39, 0.29) is 12.2 Å². The van der Waals surface area contributed by atoms with E-state index in [1.165, 1.54) is 12.3 Å². The molecule has 0 bridgehead atoms. The van der Waals surface area contributed by atoms with Gasteiger partial charge in [-0.1, -0.05) is 0 Å². The second-order valence-corrected chi connectivity index (χ2v) is 9.85. The Balaban J connectivity index is 1.97. The van der Waals surface area contributed by atoms with E-state index in [1.807, 2.05) is 0 Å². The van der Waals surface area contributed by atoms with E-state index in [4.69, 9.17) is 25.2 Å². The zero-order valence-corrected chi connectivity index (χ0v) is 16.3. The first-order valence-electron chi connectivity index (χ1n) is 7.16. The monoisotopic (exact) mass is 468 g/mol. The third kappa shape index (κ3) is 6.90. The quantitative estimate of drug-likeness (QED) is 0.212. The van der Waals surface area contributed by atoms with Crippen molar-refractivity contribution in [2.24, 2.45) is 0 Å². The summed E-state index contributed by atoms with van der Waals surface area (Å²) in [7, 11) is -16.2. The number of ether oxygens (including phenoxy) is 1. The number of nitrogen functional groups attached to an aromatic ring is 1. The topological polar surface area (TPSA) is 253 Å². The van der Waals surface area contributed by atoms with Gasteiger partial charge in [0, 0.05) is 12.6 Å². The standard InChI is InChI=1S/C9H16N3O13P3/c10-7-1-2-12(9(14)11-7)8-3-5(13)6(23-8)4-22-27(18,19)25-28(20,21)24-26(15,16)17/h1-2,5-6,8,13,18-19H,3-4H2,(H4-,10,11,14,15,16,17,20,21)/p+1. The second-order valence-electron chi connectivity index (χ2n) is 5.38. The van der Waals surface area contributed by atoms with Crippen LogP contribution in [-0.4, -0.2) is 57.9 Å². The zero-order chi connectivity index (χ0) is 21.3. The molecule has 2 heterocycles. The molecular formula is C9H17N3O13P3+. The predicted octanol–water partition coefficient (Wildman–Crippen LogP) is -1.62. The van der Waals surface area contributed by atoms with Gasteiger partial charge in [-0.15, -0.1) is 0 Å². The molecule has 19 heteroatoms. The molecule has 0 amide bonds. The number of nitrogens with two attached hydrogens (primary N) is 1. The minimum absolute atomic E-state index is 0.0297. The van der Waals surface area contributed by atoms with Gasteiger partial charge in [0.25, 0.3) is 0 Å². The van der Waals surface area contributed by atoms with E-state index in [1.54, 1.807) is 0 Å². The maximum Gasteiger partial charge on any atom is 0.580 e. The molecule has 0 radical (unpaired) electrons. The van der Waals surface area contributed by atoms with E-state index in [0.29, 0.717) is 0 Å². The number of hydrogen-bond acceptors (Lipinski definition) is 12. The number of phosphoric acid groups is 2. The van der Waals surface area contributed by atoms with Crippen LogP contribution in [0.5, 0.6) is 0 Å². The molecule has 4 atom stereocenters. The van der Waals surface area contributed by atoms with Gasteiger partial charge in [0.05, 0.1) is 6.10 Å². The molecule has 2 rings (SSSR count). The molecule has 1 aliphatic rings. The number of rotatable bonds is 8. The number of anilines is 1. The normalized spacial score (nSPS) is 25.6.